The minimum Gasteiger partial charge on any atom is -0.392 e. The molecule has 1 saturated carbocycles. The maximum atomic E-state index is 11.5. The summed E-state index contributed by atoms with van der Waals surface area (Å²) in [4.78, 5) is 11.5. The second-order valence-electron chi connectivity index (χ2n) is 6.24. The third kappa shape index (κ3) is 2.45. The van der Waals surface area contributed by atoms with Crippen molar-refractivity contribution in [2.24, 2.45) is 7.05 Å². The van der Waals surface area contributed by atoms with Gasteiger partial charge in [0.05, 0.1) is 35.9 Å². The van der Waals surface area contributed by atoms with Crippen LogP contribution in [0.25, 0.3) is 5.69 Å². The fourth-order valence-corrected chi connectivity index (χ4v) is 3.32. The molecular formula is C18H18N4O2. The van der Waals surface area contributed by atoms with Crippen molar-refractivity contribution in [3.8, 4) is 5.69 Å². The Hall–Kier alpha value is -2.73. The van der Waals surface area contributed by atoms with Crippen LogP contribution >= 0.6 is 0 Å². The zero-order valence-electron chi connectivity index (χ0n) is 13.3. The normalized spacial score (nSPS) is 19.4. The number of benzene rings is 1. The van der Waals surface area contributed by atoms with Crippen molar-refractivity contribution in [3.63, 3.8) is 0 Å². The molecule has 1 aliphatic rings. The molecule has 2 aromatic heterocycles. The molecule has 2 atom stereocenters. The Kier molecular flexibility index (Phi) is 3.54. The first kappa shape index (κ1) is 14.8. The van der Waals surface area contributed by atoms with E-state index >= 15 is 0 Å². The molecule has 0 bridgehead atoms. The van der Waals surface area contributed by atoms with Gasteiger partial charge in [0.2, 0.25) is 0 Å². The van der Waals surface area contributed by atoms with E-state index in [1.54, 1.807) is 10.9 Å². The van der Waals surface area contributed by atoms with Gasteiger partial charge in [0.25, 0.3) is 0 Å². The molecule has 6 heteroatoms. The molecule has 4 rings (SSSR count). The van der Waals surface area contributed by atoms with Gasteiger partial charge in [-0.2, -0.15) is 10.2 Å². The molecule has 1 fully saturated rings. The first-order valence-electron chi connectivity index (χ1n) is 7.93. The molecule has 2 heterocycles. The summed E-state index contributed by atoms with van der Waals surface area (Å²) in [6.45, 7) is -0.0211. The lowest BCUT2D eigenvalue weighted by Crippen LogP contribution is -2.04. The molecule has 1 aromatic carbocycles. The van der Waals surface area contributed by atoms with Crippen LogP contribution < -0.4 is 0 Å². The molecule has 3 aromatic rings. The number of hydrogen-bond donors (Lipinski definition) is 1. The summed E-state index contributed by atoms with van der Waals surface area (Å²) < 4.78 is 3.62. The van der Waals surface area contributed by atoms with Crippen molar-refractivity contribution in [1.29, 1.82) is 0 Å². The van der Waals surface area contributed by atoms with E-state index < -0.39 is 0 Å². The highest BCUT2D eigenvalue weighted by molar-refractivity contribution is 5.77. The number of aldehydes is 1. The summed E-state index contributed by atoms with van der Waals surface area (Å²) in [5.74, 6) is 0.628. The van der Waals surface area contributed by atoms with Crippen molar-refractivity contribution in [3.05, 3.63) is 65.2 Å². The molecule has 122 valence electrons. The Bertz CT molecular complexity index is 896. The van der Waals surface area contributed by atoms with Crippen molar-refractivity contribution >= 4 is 6.29 Å². The lowest BCUT2D eigenvalue weighted by atomic mass is 10.1. The van der Waals surface area contributed by atoms with Gasteiger partial charge in [-0.1, -0.05) is 12.1 Å². The van der Waals surface area contributed by atoms with Gasteiger partial charge >= 0.3 is 0 Å². The molecule has 0 saturated heterocycles. The van der Waals surface area contributed by atoms with E-state index in [-0.39, 0.29) is 12.5 Å². The summed E-state index contributed by atoms with van der Waals surface area (Å²) >= 11 is 0. The Morgan fingerprint density at radius 2 is 2.17 bits per heavy atom. The number of aliphatic hydroxyl groups excluding tert-OH is 1. The van der Waals surface area contributed by atoms with Crippen LogP contribution in [-0.2, 0) is 13.7 Å². The summed E-state index contributed by atoms with van der Waals surface area (Å²) in [6, 6.07) is 7.58. The van der Waals surface area contributed by atoms with E-state index in [9.17, 15) is 9.90 Å². The molecule has 0 radical (unpaired) electrons. The van der Waals surface area contributed by atoms with Gasteiger partial charge in [-0.15, -0.1) is 0 Å². The molecule has 0 aliphatic heterocycles. The molecular weight excluding hydrogens is 304 g/mol. The maximum absolute atomic E-state index is 11.5. The monoisotopic (exact) mass is 322 g/mol. The number of carbonyl (C=O) groups excluding carboxylic acids is 1. The van der Waals surface area contributed by atoms with Crippen LogP contribution in [0.15, 0.2) is 42.9 Å². The van der Waals surface area contributed by atoms with Gasteiger partial charge in [-0.3, -0.25) is 9.48 Å². The minimum atomic E-state index is -0.0211. The molecule has 24 heavy (non-hydrogen) atoms. The van der Waals surface area contributed by atoms with Gasteiger partial charge in [-0.05, 0) is 35.6 Å². The third-order valence-electron chi connectivity index (χ3n) is 4.60. The third-order valence-corrected chi connectivity index (χ3v) is 4.60. The summed E-state index contributed by atoms with van der Waals surface area (Å²) in [5, 5.41) is 18.0. The Labute approximate surface area is 139 Å². The van der Waals surface area contributed by atoms with Crippen LogP contribution in [0, 0.1) is 0 Å². The van der Waals surface area contributed by atoms with E-state index in [0.717, 1.165) is 29.7 Å². The average molecular weight is 322 g/mol. The predicted molar refractivity (Wildman–Crippen MR) is 88.2 cm³/mol. The van der Waals surface area contributed by atoms with Crippen LogP contribution in [0.4, 0.5) is 0 Å². The summed E-state index contributed by atoms with van der Waals surface area (Å²) in [7, 11) is 1.91. The van der Waals surface area contributed by atoms with Crippen LogP contribution in [0.5, 0.6) is 0 Å². The first-order valence-corrected chi connectivity index (χ1v) is 7.93. The second-order valence-corrected chi connectivity index (χ2v) is 6.24. The zero-order chi connectivity index (χ0) is 16.7. The SMILES string of the molecule is Cn1cc(C2C[C@H]2c2c(C=O)cnn2-c2cccc(CO)c2)cn1. The Morgan fingerprint density at radius 1 is 1.29 bits per heavy atom. The summed E-state index contributed by atoms with van der Waals surface area (Å²) in [5.41, 5.74) is 4.44. The van der Waals surface area contributed by atoms with Gasteiger partial charge in [0.15, 0.2) is 6.29 Å². The van der Waals surface area contributed by atoms with Gasteiger partial charge in [0, 0.05) is 19.2 Å². The molecule has 1 aliphatic carbocycles. The second kappa shape index (κ2) is 5.72. The van der Waals surface area contributed by atoms with E-state index in [4.69, 9.17) is 0 Å². The predicted octanol–water partition coefficient (Wildman–Crippen LogP) is 2.18. The van der Waals surface area contributed by atoms with Crippen molar-refractivity contribution < 1.29 is 9.90 Å². The maximum Gasteiger partial charge on any atom is 0.153 e. The van der Waals surface area contributed by atoms with Crippen LogP contribution in [0.3, 0.4) is 0 Å². The zero-order valence-corrected chi connectivity index (χ0v) is 13.3. The van der Waals surface area contributed by atoms with Gasteiger partial charge in [-0.25, -0.2) is 4.68 Å². The standard InChI is InChI=1S/C18H18N4O2/c1-21-9-13(7-19-21)16-6-17(16)18-14(11-24)8-20-22(18)15-4-2-3-12(5-15)10-23/h2-5,7-9,11,16-17,23H,6,10H2,1H3/t16?,17-/m1/s1. The molecule has 0 amide bonds. The van der Waals surface area contributed by atoms with Crippen LogP contribution in [-0.4, -0.2) is 31.0 Å². The minimum absolute atomic E-state index is 0.0211. The number of aromatic nitrogens is 4. The fourth-order valence-electron chi connectivity index (χ4n) is 3.32. The highest BCUT2D eigenvalue weighted by Crippen LogP contribution is 2.55. The molecule has 1 unspecified atom stereocenters. The van der Waals surface area contributed by atoms with Crippen molar-refractivity contribution in [2.45, 2.75) is 24.9 Å². The topological polar surface area (TPSA) is 72.9 Å². The van der Waals surface area contributed by atoms with Crippen molar-refractivity contribution in [2.75, 3.05) is 0 Å². The molecule has 1 N–H and O–H groups in total. The van der Waals surface area contributed by atoms with Crippen molar-refractivity contribution in [1.82, 2.24) is 19.6 Å². The Balaban J connectivity index is 1.73. The van der Waals surface area contributed by atoms with E-state index in [2.05, 4.69) is 10.2 Å². The lowest BCUT2D eigenvalue weighted by molar-refractivity contribution is 0.112. The number of hydrogen-bond acceptors (Lipinski definition) is 4. The van der Waals surface area contributed by atoms with E-state index in [1.807, 2.05) is 48.4 Å². The first-order chi connectivity index (χ1) is 11.7. The number of aryl methyl sites for hydroxylation is 1. The number of carbonyl (C=O) groups is 1. The van der Waals surface area contributed by atoms with E-state index in [1.165, 1.54) is 5.56 Å². The molecule has 0 spiro atoms. The number of aliphatic hydroxyl groups is 1. The van der Waals surface area contributed by atoms with Crippen LogP contribution in [0.1, 0.15) is 45.4 Å². The molecule has 6 nitrogen and oxygen atoms in total. The highest BCUT2D eigenvalue weighted by Gasteiger charge is 2.43. The van der Waals surface area contributed by atoms with E-state index in [0.29, 0.717) is 11.5 Å². The summed E-state index contributed by atoms with van der Waals surface area (Å²) in [6.07, 6.45) is 7.38. The smallest absolute Gasteiger partial charge is 0.153 e. The average Bonchev–Trinajstić information content (AvgIpc) is 3.08. The number of rotatable bonds is 5. The van der Waals surface area contributed by atoms with Gasteiger partial charge in [0.1, 0.15) is 0 Å². The fraction of sp³-hybridized carbons (Fsp3) is 0.278. The van der Waals surface area contributed by atoms with Crippen LogP contribution in [0.2, 0.25) is 0 Å². The number of nitrogens with zero attached hydrogens (tertiary/aromatic N) is 4. The lowest BCUT2D eigenvalue weighted by Gasteiger charge is -2.09. The highest BCUT2D eigenvalue weighted by atomic mass is 16.3. The quantitative estimate of drug-likeness (QED) is 0.731. The largest absolute Gasteiger partial charge is 0.392 e. The Morgan fingerprint density at radius 3 is 2.88 bits per heavy atom. The van der Waals surface area contributed by atoms with Gasteiger partial charge < -0.3 is 5.11 Å².